The van der Waals surface area contributed by atoms with Crippen LogP contribution in [0.1, 0.15) is 44.7 Å². The molecule has 164 valence electrons. The van der Waals surface area contributed by atoms with Crippen molar-refractivity contribution in [2.75, 3.05) is 20.2 Å². The van der Waals surface area contributed by atoms with Crippen LogP contribution in [0.25, 0.3) is 0 Å². The highest BCUT2D eigenvalue weighted by molar-refractivity contribution is 8.16. The lowest BCUT2D eigenvalue weighted by molar-refractivity contribution is -0.136. The Hall–Kier alpha value is -2.25. The molecule has 0 saturated carbocycles. The molecule has 1 aromatic carbocycles. The van der Waals surface area contributed by atoms with Crippen LogP contribution in [0.4, 0.5) is 0 Å². The fourth-order valence-electron chi connectivity index (χ4n) is 4.26. The number of rotatable bonds is 4. The first-order chi connectivity index (χ1) is 14.9. The monoisotopic (exact) mass is 459 g/mol. The molecular formula is C23H26ClN3O3S. The zero-order valence-corrected chi connectivity index (χ0v) is 19.5. The number of methoxy groups -OCH3 is 1. The van der Waals surface area contributed by atoms with Crippen molar-refractivity contribution >= 4 is 40.4 Å². The first-order valence-corrected chi connectivity index (χ1v) is 11.7. The third kappa shape index (κ3) is 4.26. The molecule has 0 unspecified atom stereocenters. The molecule has 3 aliphatic rings. The third-order valence-corrected chi connectivity index (χ3v) is 7.31. The number of allylic oxidation sites excluding steroid dienone is 1. The van der Waals surface area contributed by atoms with E-state index in [2.05, 4.69) is 11.9 Å². The molecule has 3 aliphatic heterocycles. The van der Waals surface area contributed by atoms with Crippen LogP contribution in [0.2, 0.25) is 5.02 Å². The van der Waals surface area contributed by atoms with Crippen molar-refractivity contribution in [3.05, 3.63) is 57.2 Å². The molecule has 1 atom stereocenters. The number of hydrogen-bond acceptors (Lipinski definition) is 6. The zero-order valence-electron chi connectivity index (χ0n) is 17.9. The molecule has 1 saturated heterocycles. The quantitative estimate of drug-likeness (QED) is 0.609. The molecule has 0 aliphatic carbocycles. The van der Waals surface area contributed by atoms with Gasteiger partial charge in [-0.1, -0.05) is 48.5 Å². The van der Waals surface area contributed by atoms with Crippen molar-refractivity contribution in [2.45, 2.75) is 39.2 Å². The number of carbonyl (C=O) groups is 2. The Labute approximate surface area is 192 Å². The summed E-state index contributed by atoms with van der Waals surface area (Å²) in [6, 6.07) is 6.96. The van der Waals surface area contributed by atoms with E-state index in [0.29, 0.717) is 22.2 Å². The Morgan fingerprint density at radius 1 is 1.26 bits per heavy atom. The van der Waals surface area contributed by atoms with Crippen LogP contribution in [0.15, 0.2) is 51.6 Å². The number of ether oxygens (including phenoxy) is 1. The average molecular weight is 460 g/mol. The standard InChI is InChI=1S/C23H26ClN3O3S/c1-14-8-10-26(11-9-14)19(28)12-16-13-31-23-25-15(2)20(22(29)30-3)21(27(16)23)17-6-4-5-7-18(17)24/h4-7,13-14,21H,8-12H2,1-3H3/t21-/m1/s1. The van der Waals surface area contributed by atoms with Gasteiger partial charge in [0.05, 0.1) is 30.8 Å². The number of amidine groups is 1. The van der Waals surface area contributed by atoms with Crippen molar-refractivity contribution in [1.82, 2.24) is 9.80 Å². The summed E-state index contributed by atoms with van der Waals surface area (Å²) >= 11 is 8.02. The predicted octanol–water partition coefficient (Wildman–Crippen LogP) is 4.74. The molecule has 0 N–H and O–H groups in total. The third-order valence-electron chi connectivity index (χ3n) is 6.07. The highest BCUT2D eigenvalue weighted by Crippen LogP contribution is 2.46. The first-order valence-electron chi connectivity index (χ1n) is 10.5. The Morgan fingerprint density at radius 3 is 2.65 bits per heavy atom. The van der Waals surface area contributed by atoms with Gasteiger partial charge < -0.3 is 14.5 Å². The van der Waals surface area contributed by atoms with E-state index in [4.69, 9.17) is 16.3 Å². The van der Waals surface area contributed by atoms with E-state index >= 15 is 0 Å². The van der Waals surface area contributed by atoms with Crippen LogP contribution >= 0.6 is 23.4 Å². The van der Waals surface area contributed by atoms with Crippen LogP contribution in [-0.2, 0) is 14.3 Å². The van der Waals surface area contributed by atoms with E-state index in [0.717, 1.165) is 42.4 Å². The Bertz CT molecular complexity index is 996. The highest BCUT2D eigenvalue weighted by Gasteiger charge is 2.42. The van der Waals surface area contributed by atoms with E-state index in [1.54, 1.807) is 13.0 Å². The van der Waals surface area contributed by atoms with Crippen LogP contribution in [0, 0.1) is 5.92 Å². The van der Waals surface area contributed by atoms with Crippen molar-refractivity contribution < 1.29 is 14.3 Å². The second-order valence-electron chi connectivity index (χ2n) is 8.15. The molecule has 31 heavy (non-hydrogen) atoms. The lowest BCUT2D eigenvalue weighted by Crippen LogP contribution is -2.41. The number of esters is 1. The second kappa shape index (κ2) is 9.09. The van der Waals surface area contributed by atoms with Crippen LogP contribution in [0.3, 0.4) is 0 Å². The Balaban J connectivity index is 1.68. The van der Waals surface area contributed by atoms with Gasteiger partial charge in [0.2, 0.25) is 5.91 Å². The summed E-state index contributed by atoms with van der Waals surface area (Å²) in [7, 11) is 1.36. The van der Waals surface area contributed by atoms with Gasteiger partial charge in [0, 0.05) is 23.8 Å². The molecule has 1 fully saturated rings. The highest BCUT2D eigenvalue weighted by atomic mass is 35.5. The van der Waals surface area contributed by atoms with E-state index in [1.165, 1.54) is 18.9 Å². The lowest BCUT2D eigenvalue weighted by atomic mass is 9.93. The second-order valence-corrected chi connectivity index (χ2v) is 9.39. The smallest absolute Gasteiger partial charge is 0.338 e. The van der Waals surface area contributed by atoms with Crippen molar-refractivity contribution in [1.29, 1.82) is 0 Å². The van der Waals surface area contributed by atoms with Gasteiger partial charge in [-0.15, -0.1) is 0 Å². The molecule has 0 radical (unpaired) electrons. The summed E-state index contributed by atoms with van der Waals surface area (Å²) < 4.78 is 5.08. The van der Waals surface area contributed by atoms with Crippen molar-refractivity contribution in [2.24, 2.45) is 10.9 Å². The zero-order chi connectivity index (χ0) is 22.1. The maximum atomic E-state index is 13.1. The number of benzene rings is 1. The topological polar surface area (TPSA) is 62.2 Å². The van der Waals surface area contributed by atoms with Gasteiger partial charge in [-0.3, -0.25) is 4.79 Å². The minimum Gasteiger partial charge on any atom is -0.466 e. The maximum absolute atomic E-state index is 13.1. The minimum atomic E-state index is -0.496. The summed E-state index contributed by atoms with van der Waals surface area (Å²) in [6.45, 7) is 5.62. The number of nitrogens with zero attached hydrogens (tertiary/aromatic N) is 3. The summed E-state index contributed by atoms with van der Waals surface area (Å²) in [5, 5.41) is 3.25. The number of thioether (sulfide) groups is 1. The lowest BCUT2D eigenvalue weighted by Gasteiger charge is -2.37. The van der Waals surface area contributed by atoms with Crippen LogP contribution < -0.4 is 0 Å². The average Bonchev–Trinajstić information content (AvgIpc) is 3.15. The van der Waals surface area contributed by atoms with E-state index in [-0.39, 0.29) is 12.3 Å². The fraction of sp³-hybridized carbons (Fsp3) is 0.435. The molecule has 0 aromatic heterocycles. The largest absolute Gasteiger partial charge is 0.466 e. The summed E-state index contributed by atoms with van der Waals surface area (Å²) in [4.78, 5) is 34.4. The molecular weight excluding hydrogens is 434 g/mol. The molecule has 8 heteroatoms. The van der Waals surface area contributed by atoms with E-state index < -0.39 is 12.0 Å². The predicted molar refractivity (Wildman–Crippen MR) is 123 cm³/mol. The number of hydrogen-bond donors (Lipinski definition) is 0. The summed E-state index contributed by atoms with van der Waals surface area (Å²) in [6.07, 6.45) is 2.33. The number of halogens is 1. The Morgan fingerprint density at radius 2 is 1.97 bits per heavy atom. The Kier molecular flexibility index (Phi) is 6.44. The van der Waals surface area contributed by atoms with Crippen molar-refractivity contribution in [3.63, 3.8) is 0 Å². The molecule has 0 spiro atoms. The van der Waals surface area contributed by atoms with Gasteiger partial charge in [-0.2, -0.15) is 0 Å². The van der Waals surface area contributed by atoms with Crippen molar-refractivity contribution in [3.8, 4) is 0 Å². The van der Waals surface area contributed by atoms with Gasteiger partial charge in [0.25, 0.3) is 0 Å². The number of carbonyl (C=O) groups excluding carboxylic acids is 2. The summed E-state index contributed by atoms with van der Waals surface area (Å²) in [5.41, 5.74) is 2.64. The van der Waals surface area contributed by atoms with Crippen LogP contribution in [-0.4, -0.2) is 47.0 Å². The van der Waals surface area contributed by atoms with E-state index in [9.17, 15) is 9.59 Å². The van der Waals surface area contributed by atoms with Gasteiger partial charge in [0.1, 0.15) is 0 Å². The van der Waals surface area contributed by atoms with E-state index in [1.807, 2.05) is 33.4 Å². The van der Waals surface area contributed by atoms with Gasteiger partial charge >= 0.3 is 5.97 Å². The number of likely N-dealkylation sites (tertiary alicyclic amines) is 1. The normalized spacial score (nSPS) is 21.6. The minimum absolute atomic E-state index is 0.101. The molecule has 4 rings (SSSR count). The van der Waals surface area contributed by atoms with Gasteiger partial charge in [-0.05, 0) is 42.7 Å². The SMILES string of the molecule is COC(=O)C1=C(C)N=C2SC=C(CC(=O)N3CCC(C)CC3)N2[C@@H]1c1ccccc1Cl. The fourth-order valence-corrected chi connectivity index (χ4v) is 5.46. The molecule has 1 amide bonds. The van der Waals surface area contributed by atoms with Crippen LogP contribution in [0.5, 0.6) is 0 Å². The number of piperidine rings is 1. The molecule has 0 bridgehead atoms. The molecule has 6 nitrogen and oxygen atoms in total. The molecule has 3 heterocycles. The summed E-state index contributed by atoms with van der Waals surface area (Å²) in [5.74, 6) is 0.313. The molecule has 1 aromatic rings. The number of aliphatic imine (C=N–C) groups is 1. The van der Waals surface area contributed by atoms with Gasteiger partial charge in [-0.25, -0.2) is 9.79 Å². The first kappa shape index (κ1) is 22.0. The van der Waals surface area contributed by atoms with Gasteiger partial charge in [0.15, 0.2) is 5.17 Å². The number of fused-ring (bicyclic) bond motifs is 1. The maximum Gasteiger partial charge on any atom is 0.338 e. The number of amides is 1.